The van der Waals surface area contributed by atoms with Gasteiger partial charge in [-0.1, -0.05) is 20.8 Å². The predicted octanol–water partition coefficient (Wildman–Crippen LogP) is 3.24. The molecule has 0 amide bonds. The van der Waals surface area contributed by atoms with Crippen LogP contribution in [0.1, 0.15) is 43.4 Å². The highest BCUT2D eigenvalue weighted by Gasteiger charge is 2.20. The first kappa shape index (κ1) is 14.1. The second kappa shape index (κ2) is 4.63. The van der Waals surface area contributed by atoms with Gasteiger partial charge in [0.25, 0.3) is 0 Å². The summed E-state index contributed by atoms with van der Waals surface area (Å²) in [5.41, 5.74) is 4.81. The van der Waals surface area contributed by atoms with Crippen LogP contribution < -0.4 is 0 Å². The number of hydrogen-bond acceptors (Lipinski definition) is 2. The van der Waals surface area contributed by atoms with E-state index in [1.807, 2.05) is 17.9 Å². The summed E-state index contributed by atoms with van der Waals surface area (Å²) in [7, 11) is 1.98. The van der Waals surface area contributed by atoms with E-state index in [9.17, 15) is 0 Å². The predicted molar refractivity (Wildman–Crippen MR) is 80.1 cm³/mol. The van der Waals surface area contributed by atoms with Crippen molar-refractivity contribution in [2.75, 3.05) is 0 Å². The third kappa shape index (κ3) is 2.52. The van der Waals surface area contributed by atoms with Crippen molar-refractivity contribution in [3.8, 4) is 0 Å². The molecule has 0 fully saturated rings. The highest BCUT2D eigenvalue weighted by Crippen LogP contribution is 2.24. The van der Waals surface area contributed by atoms with Crippen LogP contribution in [0.5, 0.6) is 0 Å². The molecule has 5 heteroatoms. The molecule has 2 aromatic rings. The number of aryl methyl sites for hydroxylation is 2. The van der Waals surface area contributed by atoms with E-state index in [4.69, 9.17) is 12.2 Å². The molecule has 4 nitrogen and oxygen atoms in total. The van der Waals surface area contributed by atoms with Crippen molar-refractivity contribution >= 4 is 12.2 Å². The van der Waals surface area contributed by atoms with E-state index in [-0.39, 0.29) is 5.41 Å². The van der Waals surface area contributed by atoms with Crippen LogP contribution in [0, 0.1) is 18.6 Å². The number of imidazole rings is 1. The third-order valence-corrected chi connectivity index (χ3v) is 3.95. The first-order valence-corrected chi connectivity index (χ1v) is 6.90. The molecule has 0 radical (unpaired) electrons. The number of rotatable bonds is 2. The van der Waals surface area contributed by atoms with E-state index in [0.717, 1.165) is 17.0 Å². The molecule has 1 N–H and O–H groups in total. The quantitative estimate of drug-likeness (QED) is 0.856. The number of aromatic nitrogens is 4. The lowest BCUT2D eigenvalue weighted by molar-refractivity contribution is 0.528. The molecule has 0 saturated carbocycles. The second-order valence-electron chi connectivity index (χ2n) is 6.09. The van der Waals surface area contributed by atoms with Crippen LogP contribution in [0.15, 0.2) is 6.20 Å². The molecule has 2 heterocycles. The normalized spacial score (nSPS) is 12.1. The topological polar surface area (TPSA) is 38.5 Å². The van der Waals surface area contributed by atoms with Crippen LogP contribution in [-0.4, -0.2) is 19.3 Å². The first-order chi connectivity index (χ1) is 8.71. The average Bonchev–Trinajstić information content (AvgIpc) is 2.75. The molecular weight excluding hydrogens is 256 g/mol. The summed E-state index contributed by atoms with van der Waals surface area (Å²) >= 11 is 5.41. The van der Waals surface area contributed by atoms with E-state index in [0.29, 0.717) is 0 Å². The lowest BCUT2D eigenvalue weighted by atomic mass is 9.92. The molecule has 0 aliphatic rings. The summed E-state index contributed by atoms with van der Waals surface area (Å²) in [6.07, 6.45) is 2.02. The van der Waals surface area contributed by atoms with Gasteiger partial charge in [-0.2, -0.15) is 5.10 Å². The average molecular weight is 278 g/mol. The Morgan fingerprint density at radius 1 is 1.32 bits per heavy atom. The van der Waals surface area contributed by atoms with Gasteiger partial charge in [0.2, 0.25) is 0 Å². The molecule has 2 rings (SSSR count). The molecule has 0 bridgehead atoms. The van der Waals surface area contributed by atoms with Crippen LogP contribution in [0.3, 0.4) is 0 Å². The maximum Gasteiger partial charge on any atom is 0.177 e. The Morgan fingerprint density at radius 3 is 2.42 bits per heavy atom. The first-order valence-electron chi connectivity index (χ1n) is 6.49. The lowest BCUT2D eigenvalue weighted by Crippen LogP contribution is -2.18. The molecule has 0 saturated heterocycles. The maximum atomic E-state index is 5.41. The number of aromatic amines is 1. The molecule has 0 aromatic carbocycles. The van der Waals surface area contributed by atoms with Crippen LogP contribution in [0.4, 0.5) is 0 Å². The van der Waals surface area contributed by atoms with Crippen molar-refractivity contribution in [2.24, 2.45) is 7.05 Å². The Balaban J connectivity index is 2.50. The molecule has 0 spiro atoms. The van der Waals surface area contributed by atoms with Gasteiger partial charge in [-0.3, -0.25) is 4.68 Å². The zero-order valence-corrected chi connectivity index (χ0v) is 13.4. The minimum Gasteiger partial charge on any atom is -0.337 e. The lowest BCUT2D eigenvalue weighted by Gasteiger charge is -2.20. The van der Waals surface area contributed by atoms with Gasteiger partial charge < -0.3 is 9.55 Å². The van der Waals surface area contributed by atoms with Gasteiger partial charge in [-0.15, -0.1) is 0 Å². The van der Waals surface area contributed by atoms with E-state index in [2.05, 4.69) is 49.3 Å². The number of nitrogens with zero attached hydrogens (tertiary/aromatic N) is 3. The van der Waals surface area contributed by atoms with Crippen molar-refractivity contribution in [2.45, 2.75) is 46.6 Å². The summed E-state index contributed by atoms with van der Waals surface area (Å²) in [6, 6.07) is 0. The summed E-state index contributed by atoms with van der Waals surface area (Å²) < 4.78 is 4.87. The maximum absolute atomic E-state index is 5.41. The highest BCUT2D eigenvalue weighted by atomic mass is 32.1. The van der Waals surface area contributed by atoms with Crippen molar-refractivity contribution in [1.29, 1.82) is 0 Å². The van der Waals surface area contributed by atoms with Crippen molar-refractivity contribution in [3.63, 3.8) is 0 Å². The van der Waals surface area contributed by atoms with Gasteiger partial charge in [0.1, 0.15) is 0 Å². The summed E-state index contributed by atoms with van der Waals surface area (Å²) in [4.78, 5) is 3.16. The van der Waals surface area contributed by atoms with Gasteiger partial charge >= 0.3 is 0 Å². The second-order valence-corrected chi connectivity index (χ2v) is 6.47. The van der Waals surface area contributed by atoms with Gasteiger partial charge in [0.15, 0.2) is 4.77 Å². The Bertz CT molecular complexity index is 652. The minimum atomic E-state index is 0.0670. The number of hydrogen-bond donors (Lipinski definition) is 1. The van der Waals surface area contributed by atoms with E-state index >= 15 is 0 Å². The molecule has 19 heavy (non-hydrogen) atoms. The van der Waals surface area contributed by atoms with Crippen LogP contribution in [-0.2, 0) is 19.0 Å². The third-order valence-electron chi connectivity index (χ3n) is 3.61. The monoisotopic (exact) mass is 278 g/mol. The van der Waals surface area contributed by atoms with Crippen LogP contribution >= 0.6 is 12.2 Å². The summed E-state index contributed by atoms with van der Waals surface area (Å²) in [5, 5.41) is 4.47. The SMILES string of the molecule is Cc1nn(C)c(C)c1Cn1c(C(C)(C)C)c[nH]c1=S. The van der Waals surface area contributed by atoms with Gasteiger partial charge in [0, 0.05) is 35.6 Å². The van der Waals surface area contributed by atoms with Crippen LogP contribution in [0.2, 0.25) is 0 Å². The van der Waals surface area contributed by atoms with Gasteiger partial charge in [-0.25, -0.2) is 0 Å². The highest BCUT2D eigenvalue weighted by molar-refractivity contribution is 7.71. The molecule has 104 valence electrons. The summed E-state index contributed by atoms with van der Waals surface area (Å²) in [5.74, 6) is 0. The van der Waals surface area contributed by atoms with E-state index < -0.39 is 0 Å². The number of nitrogens with one attached hydrogen (secondary N) is 1. The zero-order chi connectivity index (χ0) is 14.4. The van der Waals surface area contributed by atoms with E-state index in [1.54, 1.807) is 0 Å². The largest absolute Gasteiger partial charge is 0.337 e. The minimum absolute atomic E-state index is 0.0670. The Hall–Kier alpha value is -1.36. The fourth-order valence-electron chi connectivity index (χ4n) is 2.38. The molecule has 0 unspecified atom stereocenters. The Labute approximate surface area is 119 Å². The zero-order valence-electron chi connectivity index (χ0n) is 12.5. The van der Waals surface area contributed by atoms with E-state index in [1.165, 1.54) is 17.0 Å². The van der Waals surface area contributed by atoms with Crippen molar-refractivity contribution < 1.29 is 0 Å². The molecule has 2 aromatic heterocycles. The fourth-order valence-corrected chi connectivity index (χ4v) is 2.60. The van der Waals surface area contributed by atoms with Crippen molar-refractivity contribution in [3.05, 3.63) is 33.6 Å². The standard InChI is InChI=1S/C14H22N4S/c1-9-11(10(2)17(6)16-9)8-18-12(14(3,4)5)7-15-13(18)19/h7H,8H2,1-6H3,(H,15,19). The Kier molecular flexibility index (Phi) is 3.43. The fraction of sp³-hybridized carbons (Fsp3) is 0.571. The van der Waals surface area contributed by atoms with Gasteiger partial charge in [-0.05, 0) is 26.1 Å². The molecular formula is C14H22N4S. The molecule has 0 aliphatic carbocycles. The number of H-pyrrole nitrogens is 1. The molecule has 0 atom stereocenters. The van der Waals surface area contributed by atoms with Gasteiger partial charge in [0.05, 0.1) is 12.2 Å². The Morgan fingerprint density at radius 2 is 1.95 bits per heavy atom. The smallest absolute Gasteiger partial charge is 0.177 e. The molecule has 0 aliphatic heterocycles. The summed E-state index contributed by atoms with van der Waals surface area (Å²) in [6.45, 7) is 11.5. The van der Waals surface area contributed by atoms with Crippen LogP contribution in [0.25, 0.3) is 0 Å². The van der Waals surface area contributed by atoms with Crippen molar-refractivity contribution in [1.82, 2.24) is 19.3 Å².